The second-order valence-corrected chi connectivity index (χ2v) is 8.93. The number of amides is 2. The second-order valence-electron chi connectivity index (χ2n) is 7.32. The molecule has 0 unspecified atom stereocenters. The summed E-state index contributed by atoms with van der Waals surface area (Å²) in [6.45, 7) is 7.16. The lowest BCUT2D eigenvalue weighted by molar-refractivity contribution is -0.130. The lowest BCUT2D eigenvalue weighted by Gasteiger charge is -2.34. The molecule has 2 fully saturated rings. The smallest absolute Gasteiger partial charge is 0.238 e. The largest absolute Gasteiger partial charge is 0.358 e. The maximum Gasteiger partial charge on any atom is 0.238 e. The van der Waals surface area contributed by atoms with Crippen molar-refractivity contribution in [1.29, 1.82) is 0 Å². The first-order valence-electron chi connectivity index (χ1n) is 9.79. The van der Waals surface area contributed by atoms with E-state index in [0.717, 1.165) is 28.7 Å². The van der Waals surface area contributed by atoms with Gasteiger partial charge in [0, 0.05) is 45.0 Å². The molecule has 8 heteroatoms. The normalized spacial score (nSPS) is 17.6. The molecule has 2 amide bonds. The zero-order valence-corrected chi connectivity index (χ0v) is 18.0. The Bertz CT molecular complexity index is 697. The van der Waals surface area contributed by atoms with Crippen LogP contribution >= 0.6 is 24.0 Å². The Morgan fingerprint density at radius 1 is 1.00 bits per heavy atom. The molecule has 2 heterocycles. The Balaban J connectivity index is 1.35. The lowest BCUT2D eigenvalue weighted by atomic mass is 10.2. The van der Waals surface area contributed by atoms with E-state index in [1.165, 1.54) is 24.6 Å². The molecule has 0 atom stereocenters. The third kappa shape index (κ3) is 6.18. The van der Waals surface area contributed by atoms with Gasteiger partial charge in [-0.15, -0.1) is 0 Å². The van der Waals surface area contributed by atoms with Crippen molar-refractivity contribution in [2.75, 3.05) is 56.9 Å². The number of hydrogen-bond acceptors (Lipinski definition) is 5. The molecule has 0 aromatic heterocycles. The number of piperazine rings is 1. The van der Waals surface area contributed by atoms with Crippen LogP contribution in [0.15, 0.2) is 24.3 Å². The van der Waals surface area contributed by atoms with Gasteiger partial charge in [0.2, 0.25) is 11.8 Å². The number of nitrogens with one attached hydrogen (secondary N) is 1. The molecular formula is C20H28N4O2S2. The van der Waals surface area contributed by atoms with Crippen molar-refractivity contribution >= 4 is 45.8 Å². The molecule has 1 N–H and O–H groups in total. The fraction of sp³-hybridized carbons (Fsp3) is 0.550. The summed E-state index contributed by atoms with van der Waals surface area (Å²) in [5.41, 5.74) is 1.98. The van der Waals surface area contributed by atoms with Crippen molar-refractivity contribution in [2.45, 2.75) is 19.8 Å². The predicted molar refractivity (Wildman–Crippen MR) is 119 cm³/mol. The van der Waals surface area contributed by atoms with E-state index in [0.29, 0.717) is 38.5 Å². The van der Waals surface area contributed by atoms with Crippen molar-refractivity contribution in [3.8, 4) is 0 Å². The summed E-state index contributed by atoms with van der Waals surface area (Å²) < 4.78 is 0.845. The van der Waals surface area contributed by atoms with Crippen molar-refractivity contribution in [3.63, 3.8) is 0 Å². The van der Waals surface area contributed by atoms with E-state index < -0.39 is 0 Å². The van der Waals surface area contributed by atoms with Crippen molar-refractivity contribution in [2.24, 2.45) is 0 Å². The first kappa shape index (κ1) is 21.1. The Kier molecular flexibility index (Phi) is 7.70. The topological polar surface area (TPSA) is 55.9 Å². The number of thiocarbonyl (C=S) groups is 1. The number of thioether (sulfide) groups is 1. The fourth-order valence-electron chi connectivity index (χ4n) is 3.40. The number of aryl methyl sites for hydroxylation is 1. The predicted octanol–water partition coefficient (Wildman–Crippen LogP) is 2.19. The quantitative estimate of drug-likeness (QED) is 0.737. The van der Waals surface area contributed by atoms with Gasteiger partial charge in [-0.25, -0.2) is 0 Å². The molecule has 0 aliphatic carbocycles. The van der Waals surface area contributed by atoms with Gasteiger partial charge in [-0.05, 0) is 31.9 Å². The second kappa shape index (κ2) is 10.2. The standard InChI is InChI=1S/C20H28N4O2S2/c1-16-4-6-17(7-5-16)21-18(25)14-22-10-12-23(13-11-22)19(26)15-28-20(27)24-8-2-3-9-24/h4-7H,2-3,8-15H2,1H3,(H,21,25). The van der Waals surface area contributed by atoms with Crippen molar-refractivity contribution in [1.82, 2.24) is 14.7 Å². The number of rotatable bonds is 5. The van der Waals surface area contributed by atoms with Gasteiger partial charge in [0.05, 0.1) is 12.3 Å². The molecule has 6 nitrogen and oxygen atoms in total. The van der Waals surface area contributed by atoms with Crippen molar-refractivity contribution in [3.05, 3.63) is 29.8 Å². The number of carbonyl (C=O) groups is 2. The molecule has 152 valence electrons. The van der Waals surface area contributed by atoms with E-state index in [4.69, 9.17) is 12.2 Å². The highest BCUT2D eigenvalue weighted by atomic mass is 32.2. The number of nitrogens with zero attached hydrogens (tertiary/aromatic N) is 3. The Morgan fingerprint density at radius 2 is 1.64 bits per heavy atom. The van der Waals surface area contributed by atoms with Gasteiger partial charge in [-0.3, -0.25) is 14.5 Å². The Labute approximate surface area is 176 Å². The minimum Gasteiger partial charge on any atom is -0.358 e. The number of benzene rings is 1. The molecule has 2 saturated heterocycles. The maximum atomic E-state index is 12.4. The molecule has 0 spiro atoms. The highest BCUT2D eigenvalue weighted by molar-refractivity contribution is 8.23. The van der Waals surface area contributed by atoms with E-state index in [-0.39, 0.29) is 11.8 Å². The van der Waals surface area contributed by atoms with E-state index in [9.17, 15) is 9.59 Å². The monoisotopic (exact) mass is 420 g/mol. The molecule has 0 bridgehead atoms. The van der Waals surface area contributed by atoms with E-state index in [1.807, 2.05) is 36.1 Å². The molecule has 28 heavy (non-hydrogen) atoms. The van der Waals surface area contributed by atoms with Crippen LogP contribution in [-0.2, 0) is 9.59 Å². The average Bonchev–Trinajstić information content (AvgIpc) is 3.23. The highest BCUT2D eigenvalue weighted by Crippen LogP contribution is 2.17. The van der Waals surface area contributed by atoms with E-state index in [1.54, 1.807) is 0 Å². The third-order valence-electron chi connectivity index (χ3n) is 5.11. The minimum absolute atomic E-state index is 0.0184. The van der Waals surface area contributed by atoms with E-state index in [2.05, 4.69) is 15.1 Å². The molecule has 2 aliphatic rings. The van der Waals surface area contributed by atoms with Crippen LogP contribution in [0.3, 0.4) is 0 Å². The van der Waals surface area contributed by atoms with Gasteiger partial charge in [-0.2, -0.15) is 0 Å². The summed E-state index contributed by atoms with van der Waals surface area (Å²) in [4.78, 5) is 30.8. The molecule has 2 aliphatic heterocycles. The number of hydrogen-bond donors (Lipinski definition) is 1. The van der Waals surface area contributed by atoms with Crippen LogP contribution < -0.4 is 5.32 Å². The molecule has 1 aromatic carbocycles. The summed E-state index contributed by atoms with van der Waals surface area (Å²) in [6.07, 6.45) is 2.38. The zero-order chi connectivity index (χ0) is 19.9. The number of anilines is 1. The number of carbonyl (C=O) groups excluding carboxylic acids is 2. The first-order chi connectivity index (χ1) is 13.5. The summed E-state index contributed by atoms with van der Waals surface area (Å²) in [5, 5.41) is 2.93. The van der Waals surface area contributed by atoms with Crippen LogP contribution in [0.2, 0.25) is 0 Å². The lowest BCUT2D eigenvalue weighted by Crippen LogP contribution is -2.51. The molecule has 0 radical (unpaired) electrons. The molecule has 1 aromatic rings. The summed E-state index contributed by atoms with van der Waals surface area (Å²) >= 11 is 6.90. The van der Waals surface area contributed by atoms with Crippen LogP contribution in [0, 0.1) is 6.92 Å². The minimum atomic E-state index is -0.0184. The van der Waals surface area contributed by atoms with Crippen LogP contribution in [0.5, 0.6) is 0 Å². The van der Waals surface area contributed by atoms with Crippen molar-refractivity contribution < 1.29 is 9.59 Å². The zero-order valence-electron chi connectivity index (χ0n) is 16.4. The van der Waals surface area contributed by atoms with Gasteiger partial charge >= 0.3 is 0 Å². The van der Waals surface area contributed by atoms with Crippen LogP contribution in [0.1, 0.15) is 18.4 Å². The third-order valence-corrected chi connectivity index (χ3v) is 6.62. The van der Waals surface area contributed by atoms with Crippen LogP contribution in [0.4, 0.5) is 5.69 Å². The fourth-order valence-corrected chi connectivity index (χ4v) is 4.56. The summed E-state index contributed by atoms with van der Waals surface area (Å²) in [7, 11) is 0. The Hall–Kier alpha value is -1.64. The van der Waals surface area contributed by atoms with Gasteiger partial charge in [0.1, 0.15) is 4.32 Å². The van der Waals surface area contributed by atoms with Gasteiger partial charge in [0.15, 0.2) is 0 Å². The summed E-state index contributed by atoms with van der Waals surface area (Å²) in [5.74, 6) is 0.522. The molecule has 0 saturated carbocycles. The molecule has 3 rings (SSSR count). The average molecular weight is 421 g/mol. The van der Waals surface area contributed by atoms with Crippen LogP contribution in [-0.4, -0.2) is 82.4 Å². The van der Waals surface area contributed by atoms with Gasteiger partial charge in [-0.1, -0.05) is 41.7 Å². The van der Waals surface area contributed by atoms with Gasteiger partial charge in [0.25, 0.3) is 0 Å². The first-order valence-corrected chi connectivity index (χ1v) is 11.2. The van der Waals surface area contributed by atoms with Gasteiger partial charge < -0.3 is 15.1 Å². The van der Waals surface area contributed by atoms with E-state index >= 15 is 0 Å². The maximum absolute atomic E-state index is 12.4. The summed E-state index contributed by atoms with van der Waals surface area (Å²) in [6, 6.07) is 7.78. The highest BCUT2D eigenvalue weighted by Gasteiger charge is 2.23. The van der Waals surface area contributed by atoms with Crippen LogP contribution in [0.25, 0.3) is 0 Å². The number of likely N-dealkylation sites (tertiary alicyclic amines) is 1. The Morgan fingerprint density at radius 3 is 2.29 bits per heavy atom. The SMILES string of the molecule is Cc1ccc(NC(=O)CN2CCN(C(=O)CSC(=S)N3CCCC3)CC2)cc1. The molecular weight excluding hydrogens is 392 g/mol.